The predicted octanol–water partition coefficient (Wildman–Crippen LogP) is -0.980. The van der Waals surface area contributed by atoms with Gasteiger partial charge in [-0.2, -0.15) is 0 Å². The molecule has 0 radical (unpaired) electrons. The van der Waals surface area contributed by atoms with Crippen LogP contribution in [0.25, 0.3) is 17.2 Å². The molecule has 0 heterocycles. The molecule has 0 saturated carbocycles. The van der Waals surface area contributed by atoms with E-state index in [2.05, 4.69) is 37.3 Å². The molecule has 1 atom stereocenters. The molecular weight excluding hydrogens is 390 g/mol. The first kappa shape index (κ1) is 18.0. The van der Waals surface area contributed by atoms with E-state index in [1.165, 1.54) is 27.8 Å². The monoisotopic (exact) mass is 399 g/mol. The van der Waals surface area contributed by atoms with Gasteiger partial charge in [-0.15, -0.1) is 0 Å². The van der Waals surface area contributed by atoms with Crippen molar-refractivity contribution in [3.63, 3.8) is 0 Å². The van der Waals surface area contributed by atoms with Gasteiger partial charge in [-0.1, -0.05) is 0 Å². The molecule has 3 rings (SSSR count). The zero-order chi connectivity index (χ0) is 12.7. The molecule has 0 bridgehead atoms. The number of hydrogen-bond donors (Lipinski definition) is 0. The smallest absolute Gasteiger partial charge is 1.00 e. The van der Waals surface area contributed by atoms with Gasteiger partial charge in [0, 0.05) is 0 Å². The van der Waals surface area contributed by atoms with Crippen molar-refractivity contribution >= 4 is 17.7 Å². The van der Waals surface area contributed by atoms with Crippen molar-refractivity contribution in [3.8, 4) is 11.1 Å². The average Bonchev–Trinajstić information content (AvgIpc) is 2.65. The molecule has 2 aromatic rings. The second-order valence-corrected chi connectivity index (χ2v) is 6.50. The van der Waals surface area contributed by atoms with Crippen molar-refractivity contribution in [2.45, 2.75) is 10.5 Å². The molecule has 1 aliphatic rings. The maximum Gasteiger partial charge on any atom is -1.00 e. The van der Waals surface area contributed by atoms with Crippen LogP contribution in [-0.4, -0.2) is 0 Å². The first-order valence-electron chi connectivity index (χ1n) is 5.95. The molecule has 0 saturated heterocycles. The topological polar surface area (TPSA) is 0 Å². The van der Waals surface area contributed by atoms with Gasteiger partial charge in [-0.05, 0) is 0 Å². The number of hydrogen-bond acceptors (Lipinski definition) is 0. The van der Waals surface area contributed by atoms with E-state index in [1.54, 1.807) is 24.7 Å². The molecule has 0 aromatic heterocycles. The maximum atomic E-state index is 6.09. The third-order valence-corrected chi connectivity index (χ3v) is 5.53. The fraction of sp³-hybridized carbons (Fsp3) is 0.125. The van der Waals surface area contributed by atoms with Gasteiger partial charge >= 0.3 is 128 Å². The number of allylic oxidation sites excluding steroid dienone is 1. The molecule has 1 unspecified atom stereocenters. The summed E-state index contributed by atoms with van der Waals surface area (Å²) in [5.74, 6) is 0. The van der Waals surface area contributed by atoms with Crippen LogP contribution in [0.3, 0.4) is 0 Å². The molecular formula is C16H12Cl3Zr. The Kier molecular flexibility index (Phi) is 6.54. The van der Waals surface area contributed by atoms with Gasteiger partial charge in [0.25, 0.3) is 0 Å². The van der Waals surface area contributed by atoms with E-state index >= 15 is 0 Å². The van der Waals surface area contributed by atoms with Crippen LogP contribution >= 0.6 is 11.6 Å². The Bertz CT molecular complexity index is 650. The van der Waals surface area contributed by atoms with Crippen LogP contribution in [0.4, 0.5) is 0 Å². The standard InChI is InChI=1S/C16H12Cl.2ClH.Zr/c1-11-8-12-5-3-7-15(16(12)9-11)13-4-2-6-14(17)10-13;;;/h2-10H,1H3;2*1H;/q;;;+2/p-2. The first-order valence-corrected chi connectivity index (χ1v) is 7.74. The number of benzene rings is 2. The van der Waals surface area contributed by atoms with E-state index in [0.717, 1.165) is 5.02 Å². The zero-order valence-electron chi connectivity index (χ0n) is 10.8. The summed E-state index contributed by atoms with van der Waals surface area (Å²) >= 11 is 7.65. The van der Waals surface area contributed by atoms with Crippen molar-refractivity contribution in [2.24, 2.45) is 0 Å². The molecule has 0 fully saturated rings. The quantitative estimate of drug-likeness (QED) is 0.576. The molecule has 1 aliphatic carbocycles. The number of halogens is 3. The molecule has 20 heavy (non-hydrogen) atoms. The van der Waals surface area contributed by atoms with Gasteiger partial charge in [0.1, 0.15) is 0 Å². The third kappa shape index (κ3) is 3.22. The van der Waals surface area contributed by atoms with Crippen molar-refractivity contribution in [2.75, 3.05) is 0 Å². The van der Waals surface area contributed by atoms with Crippen molar-refractivity contribution < 1.29 is 49.5 Å². The van der Waals surface area contributed by atoms with Crippen LogP contribution in [0.2, 0.25) is 5.02 Å². The summed E-state index contributed by atoms with van der Waals surface area (Å²) in [6.07, 6.45) is 2.32. The van der Waals surface area contributed by atoms with Crippen molar-refractivity contribution in [1.82, 2.24) is 0 Å². The largest absolute Gasteiger partial charge is 1.00 e. The molecule has 0 nitrogen and oxygen atoms in total. The molecule has 4 heteroatoms. The second kappa shape index (κ2) is 7.27. The van der Waals surface area contributed by atoms with Gasteiger partial charge in [0.2, 0.25) is 0 Å². The van der Waals surface area contributed by atoms with Gasteiger partial charge < -0.3 is 24.8 Å². The van der Waals surface area contributed by atoms with Gasteiger partial charge in [0.05, 0.1) is 0 Å². The van der Waals surface area contributed by atoms with E-state index in [9.17, 15) is 0 Å². The minimum absolute atomic E-state index is 0. The van der Waals surface area contributed by atoms with Gasteiger partial charge in [0.15, 0.2) is 0 Å². The Morgan fingerprint density at radius 1 is 1.05 bits per heavy atom. The number of fused-ring (bicyclic) bond motifs is 1. The Hall–Kier alpha value is -0.0669. The average molecular weight is 402 g/mol. The van der Waals surface area contributed by atoms with Crippen LogP contribution in [0, 0.1) is 0 Å². The summed E-state index contributed by atoms with van der Waals surface area (Å²) in [6.45, 7) is 2.22. The summed E-state index contributed by atoms with van der Waals surface area (Å²) < 4.78 is 0.617. The first-order chi connectivity index (χ1) is 8.66. The Morgan fingerprint density at radius 3 is 2.45 bits per heavy atom. The summed E-state index contributed by atoms with van der Waals surface area (Å²) in [7, 11) is 0. The zero-order valence-corrected chi connectivity index (χ0v) is 15.6. The Balaban J connectivity index is 0.000001000. The molecule has 2 aromatic carbocycles. The molecule has 101 valence electrons. The minimum atomic E-state index is 0. The maximum absolute atomic E-state index is 6.09. The fourth-order valence-corrected chi connectivity index (χ4v) is 3.47. The van der Waals surface area contributed by atoms with Gasteiger partial charge in [-0.25, -0.2) is 0 Å². The van der Waals surface area contributed by atoms with E-state index in [1.807, 2.05) is 18.2 Å². The van der Waals surface area contributed by atoms with E-state index < -0.39 is 0 Å². The predicted molar refractivity (Wildman–Crippen MR) is 73.3 cm³/mol. The summed E-state index contributed by atoms with van der Waals surface area (Å²) in [5.41, 5.74) is 6.80. The van der Waals surface area contributed by atoms with E-state index in [-0.39, 0.29) is 24.8 Å². The van der Waals surface area contributed by atoms with Crippen molar-refractivity contribution in [1.29, 1.82) is 0 Å². The summed E-state index contributed by atoms with van der Waals surface area (Å²) in [5, 5.41) is 0.794. The third-order valence-electron chi connectivity index (χ3n) is 3.41. The van der Waals surface area contributed by atoms with Crippen LogP contribution in [0.1, 0.15) is 21.7 Å². The van der Waals surface area contributed by atoms with E-state index in [4.69, 9.17) is 11.6 Å². The molecule has 0 aliphatic heterocycles. The fourth-order valence-electron chi connectivity index (χ4n) is 2.46. The van der Waals surface area contributed by atoms with Crippen LogP contribution < -0.4 is 24.8 Å². The normalized spacial score (nSPS) is 15.8. The van der Waals surface area contributed by atoms with Crippen LogP contribution in [-0.2, 0) is 24.7 Å². The number of rotatable bonds is 1. The van der Waals surface area contributed by atoms with Gasteiger partial charge in [-0.3, -0.25) is 0 Å². The Labute approximate surface area is 152 Å². The summed E-state index contributed by atoms with van der Waals surface area (Å²) in [6, 6.07) is 14.7. The van der Waals surface area contributed by atoms with E-state index in [0.29, 0.717) is 3.63 Å². The Morgan fingerprint density at radius 2 is 1.75 bits per heavy atom. The SMILES string of the molecule is CC1=Cc2c(-c3cccc(Cl)c3)cccc2[CH]1[Zr+2].[Cl-].[Cl-]. The molecule has 0 spiro atoms. The second-order valence-electron chi connectivity index (χ2n) is 4.64. The van der Waals surface area contributed by atoms with Crippen molar-refractivity contribution in [3.05, 3.63) is 64.2 Å². The molecule has 0 N–H and O–H groups in total. The molecule has 0 amide bonds. The van der Waals surface area contributed by atoms with Crippen LogP contribution in [0.5, 0.6) is 0 Å². The van der Waals surface area contributed by atoms with Crippen LogP contribution in [0.15, 0.2) is 48.0 Å². The summed E-state index contributed by atoms with van der Waals surface area (Å²) in [4.78, 5) is 0. The minimum Gasteiger partial charge on any atom is -1.00 e.